The number of halogens is 1. The minimum atomic E-state index is -0.438. The Labute approximate surface area is 157 Å². The highest BCUT2D eigenvalue weighted by molar-refractivity contribution is 5.95. The fraction of sp³-hybridized carbons (Fsp3) is 0.474. The van der Waals surface area contributed by atoms with E-state index in [-0.39, 0.29) is 11.7 Å². The van der Waals surface area contributed by atoms with E-state index < -0.39 is 5.79 Å². The summed E-state index contributed by atoms with van der Waals surface area (Å²) >= 11 is 0. The Hall–Kier alpha value is -2.29. The van der Waals surface area contributed by atoms with Crippen LogP contribution in [0, 0.1) is 12.7 Å². The van der Waals surface area contributed by atoms with Gasteiger partial charge < -0.3 is 14.8 Å². The maximum atomic E-state index is 13.4. The molecule has 0 atom stereocenters. The summed E-state index contributed by atoms with van der Waals surface area (Å²) in [7, 11) is 0. The van der Waals surface area contributed by atoms with Crippen molar-refractivity contribution in [1.29, 1.82) is 0 Å². The van der Waals surface area contributed by atoms with Crippen molar-refractivity contribution in [2.75, 3.05) is 39.4 Å². The first-order chi connectivity index (χ1) is 13.0. The Morgan fingerprint density at radius 2 is 2.19 bits per heavy atom. The quantitative estimate of drug-likeness (QED) is 0.859. The van der Waals surface area contributed by atoms with Crippen molar-refractivity contribution >= 4 is 5.91 Å². The van der Waals surface area contributed by atoms with Crippen molar-refractivity contribution in [3.63, 3.8) is 0 Å². The number of benzene rings is 1. The molecular formula is C19H23FN4O3. The zero-order chi connectivity index (χ0) is 18.9. The number of nitrogens with zero attached hydrogens (tertiary/aromatic N) is 3. The zero-order valence-electron chi connectivity index (χ0n) is 15.3. The van der Waals surface area contributed by atoms with E-state index in [0.29, 0.717) is 36.7 Å². The molecule has 4 rings (SSSR count). The van der Waals surface area contributed by atoms with Crippen molar-refractivity contribution in [3.05, 3.63) is 47.5 Å². The average molecular weight is 374 g/mol. The van der Waals surface area contributed by atoms with Crippen LogP contribution in [-0.4, -0.2) is 65.8 Å². The van der Waals surface area contributed by atoms with Crippen LogP contribution in [0.4, 0.5) is 4.39 Å². The molecule has 0 aliphatic carbocycles. The van der Waals surface area contributed by atoms with Gasteiger partial charge in [0, 0.05) is 32.3 Å². The van der Waals surface area contributed by atoms with E-state index in [2.05, 4.69) is 15.3 Å². The molecule has 0 radical (unpaired) electrons. The smallest absolute Gasteiger partial charge is 0.254 e. The maximum absolute atomic E-state index is 13.4. The summed E-state index contributed by atoms with van der Waals surface area (Å²) in [5.41, 5.74) is 1.67. The molecule has 0 unspecified atom stereocenters. The van der Waals surface area contributed by atoms with Crippen molar-refractivity contribution in [2.45, 2.75) is 19.1 Å². The molecule has 1 spiro atoms. The molecule has 144 valence electrons. The largest absolute Gasteiger partial charge is 0.351 e. The molecule has 0 saturated carbocycles. The van der Waals surface area contributed by atoms with Gasteiger partial charge in [-0.15, -0.1) is 0 Å². The molecule has 2 saturated heterocycles. The molecule has 7 nitrogen and oxygen atoms in total. The maximum Gasteiger partial charge on any atom is 0.254 e. The second kappa shape index (κ2) is 7.38. The minimum absolute atomic E-state index is 0.183. The third-order valence-corrected chi connectivity index (χ3v) is 5.02. The molecule has 0 bridgehead atoms. The Bertz CT molecular complexity index is 832. The van der Waals surface area contributed by atoms with Gasteiger partial charge in [0.15, 0.2) is 5.79 Å². The van der Waals surface area contributed by atoms with Crippen LogP contribution in [0.5, 0.6) is 0 Å². The Balaban J connectivity index is 1.32. The standard InChI is InChI=1S/C19H23FN4O3/c1-14-17(12-24(22-14)16-4-2-3-15(20)11-16)18(25)21-6-8-23-7-5-19(13-23)26-9-10-27-19/h2-4,11-12H,5-10,13H2,1H3,(H,21,25). The van der Waals surface area contributed by atoms with E-state index in [9.17, 15) is 9.18 Å². The summed E-state index contributed by atoms with van der Waals surface area (Å²) in [6.07, 6.45) is 2.49. The van der Waals surface area contributed by atoms with Crippen molar-refractivity contribution in [3.8, 4) is 5.69 Å². The average Bonchev–Trinajstić information content (AvgIpc) is 3.37. The van der Waals surface area contributed by atoms with Crippen LogP contribution in [0.15, 0.2) is 30.5 Å². The number of ether oxygens (including phenoxy) is 2. The summed E-state index contributed by atoms with van der Waals surface area (Å²) in [4.78, 5) is 14.7. The number of hydrogen-bond donors (Lipinski definition) is 1. The lowest BCUT2D eigenvalue weighted by Crippen LogP contribution is -2.38. The first kappa shape index (κ1) is 18.1. The van der Waals surface area contributed by atoms with Crippen LogP contribution in [0.3, 0.4) is 0 Å². The van der Waals surface area contributed by atoms with Crippen LogP contribution in [-0.2, 0) is 9.47 Å². The van der Waals surface area contributed by atoms with Gasteiger partial charge in [-0.25, -0.2) is 9.07 Å². The van der Waals surface area contributed by atoms with E-state index in [4.69, 9.17) is 9.47 Å². The molecule has 27 heavy (non-hydrogen) atoms. The first-order valence-electron chi connectivity index (χ1n) is 9.15. The number of likely N-dealkylation sites (tertiary alicyclic amines) is 1. The Morgan fingerprint density at radius 3 is 2.96 bits per heavy atom. The highest BCUT2D eigenvalue weighted by Gasteiger charge is 2.42. The van der Waals surface area contributed by atoms with Gasteiger partial charge in [0.2, 0.25) is 0 Å². The van der Waals surface area contributed by atoms with Gasteiger partial charge in [-0.1, -0.05) is 6.07 Å². The summed E-state index contributed by atoms with van der Waals surface area (Å²) in [5.74, 6) is -0.963. The van der Waals surface area contributed by atoms with Crippen LogP contribution in [0.2, 0.25) is 0 Å². The van der Waals surface area contributed by atoms with Crippen LogP contribution >= 0.6 is 0 Å². The third kappa shape index (κ3) is 3.87. The number of rotatable bonds is 5. The summed E-state index contributed by atoms with van der Waals surface area (Å²) in [5, 5.41) is 7.25. The van der Waals surface area contributed by atoms with Crippen molar-refractivity contribution in [2.24, 2.45) is 0 Å². The third-order valence-electron chi connectivity index (χ3n) is 5.02. The summed E-state index contributed by atoms with van der Waals surface area (Å²) < 4.78 is 26.3. The number of carbonyl (C=O) groups is 1. The van der Waals surface area contributed by atoms with Crippen molar-refractivity contribution < 1.29 is 18.7 Å². The lowest BCUT2D eigenvalue weighted by molar-refractivity contribution is -0.145. The highest BCUT2D eigenvalue weighted by atomic mass is 19.1. The molecule has 2 fully saturated rings. The monoisotopic (exact) mass is 374 g/mol. The molecule has 1 N–H and O–H groups in total. The number of aromatic nitrogens is 2. The minimum Gasteiger partial charge on any atom is -0.351 e. The summed E-state index contributed by atoms with van der Waals surface area (Å²) in [6, 6.07) is 6.11. The normalized spacial score (nSPS) is 19.0. The van der Waals surface area contributed by atoms with E-state index >= 15 is 0 Å². The fourth-order valence-corrected chi connectivity index (χ4v) is 3.61. The van der Waals surface area contributed by atoms with E-state index in [1.807, 2.05) is 0 Å². The van der Waals surface area contributed by atoms with E-state index in [1.54, 1.807) is 25.3 Å². The second-order valence-corrected chi connectivity index (χ2v) is 6.94. The van der Waals surface area contributed by atoms with Crippen molar-refractivity contribution in [1.82, 2.24) is 20.0 Å². The number of hydrogen-bond acceptors (Lipinski definition) is 5. The molecule has 1 aromatic heterocycles. The van der Waals surface area contributed by atoms with Gasteiger partial charge in [-0.2, -0.15) is 5.10 Å². The highest BCUT2D eigenvalue weighted by Crippen LogP contribution is 2.29. The molecule has 2 aliphatic rings. The number of carbonyl (C=O) groups excluding carboxylic acids is 1. The molecule has 1 aromatic carbocycles. The van der Waals surface area contributed by atoms with E-state index in [1.165, 1.54) is 16.8 Å². The molecule has 1 amide bonds. The Kier molecular flexibility index (Phi) is 4.94. The molecule has 8 heteroatoms. The number of aryl methyl sites for hydroxylation is 1. The SMILES string of the molecule is Cc1nn(-c2cccc(F)c2)cc1C(=O)NCCN1CCC2(C1)OCCO2. The Morgan fingerprint density at radius 1 is 1.37 bits per heavy atom. The van der Waals surface area contributed by atoms with Gasteiger partial charge in [-0.05, 0) is 25.1 Å². The molecule has 3 heterocycles. The first-order valence-corrected chi connectivity index (χ1v) is 9.15. The van der Waals surface area contributed by atoms with Crippen LogP contribution < -0.4 is 5.32 Å². The van der Waals surface area contributed by atoms with Gasteiger partial charge in [-0.3, -0.25) is 9.69 Å². The fourth-order valence-electron chi connectivity index (χ4n) is 3.61. The number of nitrogens with one attached hydrogen (secondary N) is 1. The topological polar surface area (TPSA) is 68.6 Å². The molecule has 2 aromatic rings. The zero-order valence-corrected chi connectivity index (χ0v) is 15.3. The lowest BCUT2D eigenvalue weighted by Gasteiger charge is -2.22. The van der Waals surface area contributed by atoms with Gasteiger partial charge in [0.25, 0.3) is 5.91 Å². The number of amides is 1. The molecular weight excluding hydrogens is 351 g/mol. The predicted molar refractivity (Wildman–Crippen MR) is 96.3 cm³/mol. The summed E-state index contributed by atoms with van der Waals surface area (Å²) in [6.45, 7) is 5.96. The second-order valence-electron chi connectivity index (χ2n) is 6.94. The van der Waals surface area contributed by atoms with Crippen LogP contribution in [0.25, 0.3) is 5.69 Å². The van der Waals surface area contributed by atoms with Gasteiger partial charge in [0.05, 0.1) is 36.7 Å². The predicted octanol–water partition coefficient (Wildman–Crippen LogP) is 1.50. The van der Waals surface area contributed by atoms with Gasteiger partial charge in [0.1, 0.15) is 5.82 Å². The van der Waals surface area contributed by atoms with E-state index in [0.717, 1.165) is 26.1 Å². The molecule has 2 aliphatic heterocycles. The van der Waals surface area contributed by atoms with Crippen LogP contribution in [0.1, 0.15) is 22.5 Å². The van der Waals surface area contributed by atoms with Gasteiger partial charge >= 0.3 is 0 Å². The lowest BCUT2D eigenvalue weighted by atomic mass is 10.2.